The summed E-state index contributed by atoms with van der Waals surface area (Å²) >= 11 is 0. The maximum Gasteiger partial charge on any atom is 0.214 e. The van der Waals surface area contributed by atoms with Gasteiger partial charge in [-0.2, -0.15) is 0 Å². The average molecular weight is 288 g/mol. The Morgan fingerprint density at radius 3 is 2.86 bits per heavy atom. The molecule has 0 unspecified atom stereocenters. The van der Waals surface area contributed by atoms with Crippen LogP contribution in [0.3, 0.4) is 0 Å². The van der Waals surface area contributed by atoms with E-state index in [1.807, 2.05) is 6.07 Å². The van der Waals surface area contributed by atoms with Crippen molar-refractivity contribution < 1.29 is 9.84 Å². The molecule has 112 valence electrons. The number of fused-ring (bicyclic) bond motifs is 1. The lowest BCUT2D eigenvalue weighted by molar-refractivity contribution is 0.197. The summed E-state index contributed by atoms with van der Waals surface area (Å²) in [5, 5.41) is 13.3. The van der Waals surface area contributed by atoms with Gasteiger partial charge in [0.2, 0.25) is 5.88 Å². The number of anilines is 1. The minimum absolute atomic E-state index is 0.0296. The molecule has 0 radical (unpaired) electrons. The lowest BCUT2D eigenvalue weighted by atomic mass is 9.95. The molecule has 21 heavy (non-hydrogen) atoms. The molecule has 6 heteroatoms. The predicted molar refractivity (Wildman–Crippen MR) is 80.4 cm³/mol. The molecule has 2 aromatic rings. The molecule has 1 saturated carbocycles. The van der Waals surface area contributed by atoms with Gasteiger partial charge in [0.25, 0.3) is 0 Å². The predicted octanol–water partition coefficient (Wildman–Crippen LogP) is 2.14. The third-order valence-corrected chi connectivity index (χ3v) is 3.78. The lowest BCUT2D eigenvalue weighted by Gasteiger charge is -2.23. The first-order valence-corrected chi connectivity index (χ1v) is 7.48. The summed E-state index contributed by atoms with van der Waals surface area (Å²) in [7, 11) is 0. The Labute approximate surface area is 123 Å². The zero-order valence-corrected chi connectivity index (χ0v) is 12.0. The molecule has 1 fully saturated rings. The van der Waals surface area contributed by atoms with Gasteiger partial charge in [0.15, 0.2) is 0 Å². The van der Waals surface area contributed by atoms with E-state index in [1.54, 1.807) is 12.5 Å². The van der Waals surface area contributed by atoms with E-state index >= 15 is 0 Å². The number of aliphatic hydroxyl groups is 1. The standard InChI is InChI=1S/C15H20N4O2/c20-6-7-21-14-8-12-13(9-16-14)17-10-18-15(12)19-11-4-2-1-3-5-11/h8-11,20H,1-7H2,(H,17,18,19). The molecule has 2 N–H and O–H groups in total. The normalized spacial score (nSPS) is 16.0. The van der Waals surface area contributed by atoms with E-state index in [0.29, 0.717) is 11.9 Å². The van der Waals surface area contributed by atoms with Crippen LogP contribution in [0.5, 0.6) is 5.88 Å². The number of pyridine rings is 1. The molecule has 6 nitrogen and oxygen atoms in total. The van der Waals surface area contributed by atoms with Gasteiger partial charge in [0.05, 0.1) is 18.3 Å². The molecule has 2 heterocycles. The van der Waals surface area contributed by atoms with E-state index in [2.05, 4.69) is 20.3 Å². The van der Waals surface area contributed by atoms with Crippen molar-refractivity contribution in [1.82, 2.24) is 15.0 Å². The second-order valence-electron chi connectivity index (χ2n) is 5.31. The van der Waals surface area contributed by atoms with Gasteiger partial charge in [0.1, 0.15) is 18.8 Å². The molecule has 0 amide bonds. The smallest absolute Gasteiger partial charge is 0.214 e. The minimum Gasteiger partial charge on any atom is -0.475 e. The Morgan fingerprint density at radius 1 is 1.19 bits per heavy atom. The van der Waals surface area contributed by atoms with Crippen molar-refractivity contribution in [3.05, 3.63) is 18.6 Å². The molecule has 0 aromatic carbocycles. The zero-order chi connectivity index (χ0) is 14.5. The van der Waals surface area contributed by atoms with Gasteiger partial charge in [-0.15, -0.1) is 0 Å². The van der Waals surface area contributed by atoms with Crippen LogP contribution in [0.2, 0.25) is 0 Å². The molecule has 1 aliphatic rings. The van der Waals surface area contributed by atoms with Crippen molar-refractivity contribution in [2.45, 2.75) is 38.1 Å². The largest absolute Gasteiger partial charge is 0.475 e. The van der Waals surface area contributed by atoms with Crippen molar-refractivity contribution >= 4 is 16.7 Å². The fourth-order valence-corrected chi connectivity index (χ4v) is 2.72. The van der Waals surface area contributed by atoms with Crippen LogP contribution in [-0.2, 0) is 0 Å². The number of nitrogens with one attached hydrogen (secondary N) is 1. The molecular formula is C15H20N4O2. The number of ether oxygens (including phenoxy) is 1. The second kappa shape index (κ2) is 6.67. The lowest BCUT2D eigenvalue weighted by Crippen LogP contribution is -2.23. The third-order valence-electron chi connectivity index (χ3n) is 3.78. The number of hydrogen-bond acceptors (Lipinski definition) is 6. The van der Waals surface area contributed by atoms with Gasteiger partial charge in [0, 0.05) is 17.5 Å². The monoisotopic (exact) mass is 288 g/mol. The molecule has 0 atom stereocenters. The summed E-state index contributed by atoms with van der Waals surface area (Å²) in [6.07, 6.45) is 9.47. The number of nitrogens with zero attached hydrogens (tertiary/aromatic N) is 3. The molecule has 2 aromatic heterocycles. The molecule has 3 rings (SSSR count). The van der Waals surface area contributed by atoms with Gasteiger partial charge >= 0.3 is 0 Å². The minimum atomic E-state index is -0.0296. The number of hydrogen-bond donors (Lipinski definition) is 2. The van der Waals surface area contributed by atoms with Gasteiger partial charge in [-0.1, -0.05) is 19.3 Å². The summed E-state index contributed by atoms with van der Waals surface area (Å²) in [6, 6.07) is 2.31. The highest BCUT2D eigenvalue weighted by Gasteiger charge is 2.15. The van der Waals surface area contributed by atoms with Crippen LogP contribution in [0.15, 0.2) is 18.6 Å². The van der Waals surface area contributed by atoms with Crippen LogP contribution < -0.4 is 10.1 Å². The van der Waals surface area contributed by atoms with Gasteiger partial charge in [-0.25, -0.2) is 15.0 Å². The molecule has 0 spiro atoms. The topological polar surface area (TPSA) is 80.2 Å². The molecule has 1 aliphatic carbocycles. The van der Waals surface area contributed by atoms with Crippen molar-refractivity contribution in [3.63, 3.8) is 0 Å². The van der Waals surface area contributed by atoms with Crippen LogP contribution in [0.4, 0.5) is 5.82 Å². The van der Waals surface area contributed by atoms with Crippen LogP contribution >= 0.6 is 0 Å². The molecule has 0 aliphatic heterocycles. The van der Waals surface area contributed by atoms with Crippen molar-refractivity contribution in [1.29, 1.82) is 0 Å². The zero-order valence-electron chi connectivity index (χ0n) is 12.0. The molecule has 0 saturated heterocycles. The summed E-state index contributed by atoms with van der Waals surface area (Å²) < 4.78 is 5.36. The molecular weight excluding hydrogens is 268 g/mol. The maximum atomic E-state index is 8.82. The van der Waals surface area contributed by atoms with Crippen LogP contribution in [0, 0.1) is 0 Å². The van der Waals surface area contributed by atoms with E-state index in [9.17, 15) is 0 Å². The number of aromatic nitrogens is 3. The Kier molecular flexibility index (Phi) is 4.45. The summed E-state index contributed by atoms with van der Waals surface area (Å²) in [5.74, 6) is 1.32. The highest BCUT2D eigenvalue weighted by atomic mass is 16.5. The SMILES string of the molecule is OCCOc1cc2c(NC3CCCCC3)ncnc2cn1. The average Bonchev–Trinajstić information content (AvgIpc) is 2.54. The first-order valence-electron chi connectivity index (χ1n) is 7.48. The Bertz CT molecular complexity index is 599. The van der Waals surface area contributed by atoms with Crippen molar-refractivity contribution in [3.8, 4) is 5.88 Å². The second-order valence-corrected chi connectivity index (χ2v) is 5.31. The number of aliphatic hydroxyl groups excluding tert-OH is 1. The highest BCUT2D eigenvalue weighted by Crippen LogP contribution is 2.26. The quantitative estimate of drug-likeness (QED) is 0.877. The fourth-order valence-electron chi connectivity index (χ4n) is 2.72. The Hall–Kier alpha value is -1.95. The summed E-state index contributed by atoms with van der Waals surface area (Å²) in [6.45, 7) is 0.204. The van der Waals surface area contributed by atoms with Gasteiger partial charge in [-0.05, 0) is 12.8 Å². The van der Waals surface area contributed by atoms with Crippen LogP contribution in [-0.4, -0.2) is 39.3 Å². The van der Waals surface area contributed by atoms with Gasteiger partial charge < -0.3 is 15.2 Å². The van der Waals surface area contributed by atoms with E-state index in [4.69, 9.17) is 9.84 Å². The van der Waals surface area contributed by atoms with Crippen LogP contribution in [0.1, 0.15) is 32.1 Å². The first kappa shape index (κ1) is 14.0. The third kappa shape index (κ3) is 3.39. The number of rotatable bonds is 5. The maximum absolute atomic E-state index is 8.82. The highest BCUT2D eigenvalue weighted by molar-refractivity contribution is 5.89. The Morgan fingerprint density at radius 2 is 2.05 bits per heavy atom. The van der Waals surface area contributed by atoms with E-state index in [0.717, 1.165) is 16.7 Å². The van der Waals surface area contributed by atoms with E-state index in [1.165, 1.54) is 32.1 Å². The van der Waals surface area contributed by atoms with Crippen LogP contribution in [0.25, 0.3) is 10.9 Å². The van der Waals surface area contributed by atoms with E-state index in [-0.39, 0.29) is 13.2 Å². The van der Waals surface area contributed by atoms with Crippen molar-refractivity contribution in [2.75, 3.05) is 18.5 Å². The first-order chi connectivity index (χ1) is 10.4. The molecule has 0 bridgehead atoms. The van der Waals surface area contributed by atoms with Crippen molar-refractivity contribution in [2.24, 2.45) is 0 Å². The van der Waals surface area contributed by atoms with E-state index < -0.39 is 0 Å². The Balaban J connectivity index is 1.85. The summed E-state index contributed by atoms with van der Waals surface area (Å²) in [5.41, 5.74) is 0.791. The fraction of sp³-hybridized carbons (Fsp3) is 0.533. The summed E-state index contributed by atoms with van der Waals surface area (Å²) in [4.78, 5) is 12.8. The van der Waals surface area contributed by atoms with Gasteiger partial charge in [-0.3, -0.25) is 0 Å².